The van der Waals surface area contributed by atoms with Gasteiger partial charge < -0.3 is 14.7 Å². The van der Waals surface area contributed by atoms with Crippen LogP contribution in [0, 0.1) is 5.92 Å². The number of amides is 2. The van der Waals surface area contributed by atoms with E-state index < -0.39 is 0 Å². The van der Waals surface area contributed by atoms with Crippen LogP contribution < -0.4 is 10.5 Å². The van der Waals surface area contributed by atoms with Crippen molar-refractivity contribution in [2.75, 3.05) is 31.1 Å². The van der Waals surface area contributed by atoms with Crippen molar-refractivity contribution in [1.29, 1.82) is 0 Å². The summed E-state index contributed by atoms with van der Waals surface area (Å²) in [5, 5.41) is 8.55. The Morgan fingerprint density at radius 3 is 2.27 bits per heavy atom. The number of nitrogens with zero attached hydrogens (tertiary/aromatic N) is 4. The van der Waals surface area contributed by atoms with Crippen molar-refractivity contribution in [3.63, 3.8) is 0 Å². The SMILES string of the molecule is O=Cc1ccc(C2Cc3cccc4c(=O)[nH]nc(c34)N2c2ccc(C(=O)N3CCN(C(=O)C4CC4)CC3)cc2)cc1. The highest BCUT2D eigenvalue weighted by atomic mass is 16.2. The van der Waals surface area contributed by atoms with E-state index in [0.29, 0.717) is 54.9 Å². The summed E-state index contributed by atoms with van der Waals surface area (Å²) in [6.07, 6.45) is 3.43. The minimum Gasteiger partial charge on any atom is -0.339 e. The number of hydrogen-bond donors (Lipinski definition) is 1. The van der Waals surface area contributed by atoms with Crippen molar-refractivity contribution < 1.29 is 14.4 Å². The topological polar surface area (TPSA) is 107 Å². The van der Waals surface area contributed by atoms with E-state index in [1.165, 1.54) is 0 Å². The molecule has 1 saturated carbocycles. The first kappa shape index (κ1) is 25.2. The van der Waals surface area contributed by atoms with Crippen LogP contribution >= 0.6 is 0 Å². The number of piperazine rings is 1. The van der Waals surface area contributed by atoms with Crippen molar-refractivity contribution in [3.05, 3.63) is 99.3 Å². The Kier molecular flexibility index (Phi) is 6.14. The Hall–Kier alpha value is -4.79. The van der Waals surface area contributed by atoms with Crippen LogP contribution in [-0.2, 0) is 11.2 Å². The van der Waals surface area contributed by atoms with Gasteiger partial charge in [-0.3, -0.25) is 19.2 Å². The molecule has 1 aliphatic carbocycles. The number of H-pyrrole nitrogens is 1. The van der Waals surface area contributed by atoms with E-state index in [2.05, 4.69) is 15.1 Å². The van der Waals surface area contributed by atoms with Gasteiger partial charge in [0.25, 0.3) is 11.5 Å². The van der Waals surface area contributed by atoms with Gasteiger partial charge in [-0.2, -0.15) is 5.10 Å². The van der Waals surface area contributed by atoms with Crippen molar-refractivity contribution in [2.24, 2.45) is 5.92 Å². The summed E-state index contributed by atoms with van der Waals surface area (Å²) >= 11 is 0. The number of hydrogen-bond acceptors (Lipinski definition) is 6. The molecule has 9 heteroatoms. The van der Waals surface area contributed by atoms with Gasteiger partial charge >= 0.3 is 0 Å². The third-order valence-electron chi connectivity index (χ3n) is 8.49. The largest absolute Gasteiger partial charge is 0.339 e. The molecule has 3 aromatic carbocycles. The van der Waals surface area contributed by atoms with Crippen LogP contribution in [0.4, 0.5) is 11.5 Å². The molecule has 2 fully saturated rings. The predicted molar refractivity (Wildman–Crippen MR) is 154 cm³/mol. The number of aldehydes is 1. The second-order valence-electron chi connectivity index (χ2n) is 11.0. The summed E-state index contributed by atoms with van der Waals surface area (Å²) in [4.78, 5) is 55.4. The molecule has 1 saturated heterocycles. The number of rotatable bonds is 5. The Morgan fingerprint density at radius 1 is 0.878 bits per heavy atom. The standard InChI is InChI=1S/C32H29N5O4/c38-19-20-4-6-21(7-5-20)27-18-24-2-1-3-26-28(24)29(33-34-30(26)39)37(27)25-12-10-23(11-13-25)32(41)36-16-14-35(15-17-36)31(40)22-8-9-22/h1-7,10-13,19,22,27H,8-9,14-18H2,(H,34,39). The molecule has 4 aromatic rings. The fourth-order valence-corrected chi connectivity index (χ4v) is 6.10. The van der Waals surface area contributed by atoms with Crippen molar-refractivity contribution in [1.82, 2.24) is 20.0 Å². The smallest absolute Gasteiger partial charge is 0.272 e. The van der Waals surface area contributed by atoms with Crippen LogP contribution in [0.1, 0.15) is 50.7 Å². The van der Waals surface area contributed by atoms with E-state index in [4.69, 9.17) is 0 Å². The zero-order valence-electron chi connectivity index (χ0n) is 22.5. The van der Waals surface area contributed by atoms with Gasteiger partial charge in [-0.1, -0.05) is 36.4 Å². The lowest BCUT2D eigenvalue weighted by Gasteiger charge is -2.38. The Bertz CT molecular complexity index is 1720. The van der Waals surface area contributed by atoms with Crippen LogP contribution in [0.5, 0.6) is 0 Å². The van der Waals surface area contributed by atoms with E-state index in [1.54, 1.807) is 18.2 Å². The summed E-state index contributed by atoms with van der Waals surface area (Å²) in [6, 6.07) is 20.6. The number of aromatic nitrogens is 2. The highest BCUT2D eigenvalue weighted by Gasteiger charge is 2.36. The van der Waals surface area contributed by atoms with Crippen LogP contribution in [0.2, 0.25) is 0 Å². The maximum absolute atomic E-state index is 13.3. The van der Waals surface area contributed by atoms with Gasteiger partial charge in [-0.25, -0.2) is 5.10 Å². The molecule has 3 heterocycles. The second-order valence-corrected chi connectivity index (χ2v) is 11.0. The van der Waals surface area contributed by atoms with Crippen LogP contribution in [-0.4, -0.2) is 64.3 Å². The quantitative estimate of drug-likeness (QED) is 0.380. The summed E-state index contributed by atoms with van der Waals surface area (Å²) in [5.41, 5.74) is 3.81. The van der Waals surface area contributed by atoms with Gasteiger partial charge in [-0.05, 0) is 60.7 Å². The van der Waals surface area contributed by atoms with Gasteiger partial charge in [0.2, 0.25) is 5.91 Å². The Labute approximate surface area is 236 Å². The number of carbonyl (C=O) groups excluding carboxylic acids is 3. The van der Waals surface area contributed by atoms with Gasteiger partial charge in [0.05, 0.1) is 11.4 Å². The first-order valence-electron chi connectivity index (χ1n) is 14.0. The molecule has 2 aliphatic heterocycles. The van der Waals surface area contributed by atoms with Gasteiger partial charge in [0, 0.05) is 54.3 Å². The molecule has 2 amide bonds. The van der Waals surface area contributed by atoms with Crippen molar-refractivity contribution in [3.8, 4) is 0 Å². The molecule has 41 heavy (non-hydrogen) atoms. The molecular formula is C32H29N5O4. The predicted octanol–water partition coefficient (Wildman–Crippen LogP) is 3.87. The zero-order chi connectivity index (χ0) is 28.1. The molecule has 7 rings (SSSR count). The van der Waals surface area contributed by atoms with Gasteiger partial charge in [-0.15, -0.1) is 0 Å². The average Bonchev–Trinajstić information content (AvgIpc) is 3.88. The third kappa shape index (κ3) is 4.47. The zero-order valence-corrected chi connectivity index (χ0v) is 22.5. The molecule has 0 bridgehead atoms. The molecule has 1 N–H and O–H groups in total. The fourth-order valence-electron chi connectivity index (χ4n) is 6.10. The lowest BCUT2D eigenvalue weighted by molar-refractivity contribution is -0.134. The van der Waals surface area contributed by atoms with Crippen LogP contribution in [0.25, 0.3) is 10.8 Å². The maximum Gasteiger partial charge on any atom is 0.272 e. The molecule has 0 spiro atoms. The summed E-state index contributed by atoms with van der Waals surface area (Å²) in [7, 11) is 0. The number of nitrogens with one attached hydrogen (secondary N) is 1. The lowest BCUT2D eigenvalue weighted by atomic mass is 9.89. The Balaban J connectivity index is 1.20. The van der Waals surface area contributed by atoms with E-state index in [0.717, 1.165) is 41.3 Å². The van der Waals surface area contributed by atoms with Gasteiger partial charge in [0.1, 0.15) is 6.29 Å². The van der Waals surface area contributed by atoms with Gasteiger partial charge in [0.15, 0.2) is 5.82 Å². The molecule has 1 unspecified atom stereocenters. The summed E-state index contributed by atoms with van der Waals surface area (Å²) in [5.74, 6) is 1.01. The lowest BCUT2D eigenvalue weighted by Crippen LogP contribution is -2.51. The number of anilines is 2. The van der Waals surface area contributed by atoms with E-state index in [9.17, 15) is 19.2 Å². The highest BCUT2D eigenvalue weighted by molar-refractivity contribution is 5.98. The number of benzene rings is 3. The molecule has 9 nitrogen and oxygen atoms in total. The third-order valence-corrected chi connectivity index (χ3v) is 8.49. The van der Waals surface area contributed by atoms with Crippen molar-refractivity contribution >= 4 is 40.4 Å². The Morgan fingerprint density at radius 2 is 1.59 bits per heavy atom. The summed E-state index contributed by atoms with van der Waals surface area (Å²) < 4.78 is 0. The maximum atomic E-state index is 13.3. The van der Waals surface area contributed by atoms with E-state index >= 15 is 0 Å². The first-order valence-corrected chi connectivity index (χ1v) is 14.0. The van der Waals surface area contributed by atoms with Crippen molar-refractivity contribution in [2.45, 2.75) is 25.3 Å². The minimum absolute atomic E-state index is 0.0513. The van der Waals surface area contributed by atoms with Crippen LogP contribution in [0.15, 0.2) is 71.5 Å². The first-order chi connectivity index (χ1) is 20.0. The second kappa shape index (κ2) is 9.99. The van der Waals surface area contributed by atoms with Crippen LogP contribution in [0.3, 0.4) is 0 Å². The molecule has 3 aliphatic rings. The highest BCUT2D eigenvalue weighted by Crippen LogP contribution is 2.44. The summed E-state index contributed by atoms with van der Waals surface area (Å²) in [6.45, 7) is 2.20. The molecule has 0 radical (unpaired) electrons. The minimum atomic E-state index is -0.237. The number of carbonyl (C=O) groups is 3. The van der Waals surface area contributed by atoms with E-state index in [1.807, 2.05) is 58.3 Å². The molecule has 1 aromatic heterocycles. The number of aromatic amines is 1. The average molecular weight is 548 g/mol. The fraction of sp³-hybridized carbons (Fsp3) is 0.281. The molecule has 206 valence electrons. The monoisotopic (exact) mass is 547 g/mol. The molecule has 1 atom stereocenters. The van der Waals surface area contributed by atoms with E-state index in [-0.39, 0.29) is 29.3 Å². The molecular weight excluding hydrogens is 518 g/mol. The normalized spacial score (nSPS) is 18.4.